The molecular weight excluding hydrogens is 322 g/mol. The second-order valence-electron chi connectivity index (χ2n) is 5.88. The van der Waals surface area contributed by atoms with Crippen molar-refractivity contribution in [1.29, 1.82) is 0 Å². The van der Waals surface area contributed by atoms with Crippen LogP contribution in [0.25, 0.3) is 0 Å². The largest absolute Gasteiger partial charge is 0.496 e. The van der Waals surface area contributed by atoms with Crippen molar-refractivity contribution in [1.82, 2.24) is 15.4 Å². The van der Waals surface area contributed by atoms with Gasteiger partial charge in [0.1, 0.15) is 11.5 Å². The van der Waals surface area contributed by atoms with Crippen molar-refractivity contribution >= 4 is 5.91 Å². The van der Waals surface area contributed by atoms with Crippen molar-refractivity contribution in [3.63, 3.8) is 0 Å². The summed E-state index contributed by atoms with van der Waals surface area (Å²) >= 11 is 0. The number of rotatable bonds is 6. The molecule has 0 saturated carbocycles. The first-order chi connectivity index (χ1) is 12.2. The van der Waals surface area contributed by atoms with Crippen LogP contribution in [0.2, 0.25) is 0 Å². The Bertz CT molecular complexity index is 716. The van der Waals surface area contributed by atoms with Gasteiger partial charge in [0, 0.05) is 44.1 Å². The maximum atomic E-state index is 12.8. The van der Waals surface area contributed by atoms with Crippen LogP contribution >= 0.6 is 0 Å². The summed E-state index contributed by atoms with van der Waals surface area (Å²) in [5.41, 5.74) is 1.02. The zero-order valence-electron chi connectivity index (χ0n) is 14.5. The summed E-state index contributed by atoms with van der Waals surface area (Å²) in [4.78, 5) is 14.7. The van der Waals surface area contributed by atoms with Crippen LogP contribution in [0.15, 0.2) is 34.9 Å². The number of carbonyl (C=O) groups is 1. The molecule has 0 bridgehead atoms. The fourth-order valence-corrected chi connectivity index (χ4v) is 3.10. The van der Waals surface area contributed by atoms with E-state index in [9.17, 15) is 4.79 Å². The van der Waals surface area contributed by atoms with Gasteiger partial charge in [-0.3, -0.25) is 4.79 Å². The summed E-state index contributed by atoms with van der Waals surface area (Å²) in [6.45, 7) is 2.16. The molecule has 25 heavy (non-hydrogen) atoms. The van der Waals surface area contributed by atoms with Gasteiger partial charge < -0.3 is 24.2 Å². The minimum Gasteiger partial charge on any atom is -0.496 e. The lowest BCUT2D eigenvalue weighted by atomic mass is 10.0. The number of aryl methyl sites for hydroxylation is 1. The van der Waals surface area contributed by atoms with Crippen LogP contribution in [0.5, 0.6) is 11.6 Å². The average Bonchev–Trinajstić information content (AvgIpc) is 3.14. The standard InChI is InChI=1S/C18H23N3O4/c1-23-16-6-4-3-5-14(16)15-12-19-9-10-21(15)18(22)8-7-13-11-17(24-2)20-25-13/h3-6,11,15,19H,7-10,12H2,1-2H3. The van der Waals surface area contributed by atoms with Gasteiger partial charge in [-0.05, 0) is 11.2 Å². The lowest BCUT2D eigenvalue weighted by Crippen LogP contribution is -2.48. The Hall–Kier alpha value is -2.54. The van der Waals surface area contributed by atoms with Crippen LogP contribution in [0, 0.1) is 0 Å². The lowest BCUT2D eigenvalue weighted by molar-refractivity contribution is -0.134. The lowest BCUT2D eigenvalue weighted by Gasteiger charge is -2.37. The maximum Gasteiger partial charge on any atom is 0.254 e. The molecule has 0 spiro atoms. The third kappa shape index (κ3) is 3.93. The van der Waals surface area contributed by atoms with E-state index in [1.807, 2.05) is 29.2 Å². The van der Waals surface area contributed by atoms with Gasteiger partial charge in [0.05, 0.1) is 20.3 Å². The van der Waals surface area contributed by atoms with Crippen LogP contribution in [-0.2, 0) is 11.2 Å². The fourth-order valence-electron chi connectivity index (χ4n) is 3.10. The van der Waals surface area contributed by atoms with Crippen molar-refractivity contribution in [2.24, 2.45) is 0 Å². The van der Waals surface area contributed by atoms with Gasteiger partial charge in [-0.25, -0.2) is 0 Å². The number of carbonyl (C=O) groups excluding carboxylic acids is 1. The van der Waals surface area contributed by atoms with Crippen LogP contribution in [-0.4, -0.2) is 49.8 Å². The van der Waals surface area contributed by atoms with Gasteiger partial charge in [-0.15, -0.1) is 0 Å². The van der Waals surface area contributed by atoms with E-state index in [0.29, 0.717) is 37.6 Å². The van der Waals surface area contributed by atoms with Crippen molar-refractivity contribution < 1.29 is 18.8 Å². The highest BCUT2D eigenvalue weighted by Gasteiger charge is 2.29. The van der Waals surface area contributed by atoms with E-state index < -0.39 is 0 Å². The smallest absolute Gasteiger partial charge is 0.254 e. The number of nitrogens with one attached hydrogen (secondary N) is 1. The molecule has 0 aliphatic carbocycles. The molecule has 0 radical (unpaired) electrons. The Morgan fingerprint density at radius 2 is 2.20 bits per heavy atom. The first kappa shape index (κ1) is 17.3. The Balaban J connectivity index is 1.70. The minimum absolute atomic E-state index is 0.0401. The third-order valence-electron chi connectivity index (χ3n) is 4.39. The highest BCUT2D eigenvalue weighted by atomic mass is 16.5. The molecule has 134 valence electrons. The molecule has 1 aromatic heterocycles. The number of ether oxygens (including phenoxy) is 2. The number of piperazine rings is 1. The van der Waals surface area contributed by atoms with E-state index in [4.69, 9.17) is 14.0 Å². The maximum absolute atomic E-state index is 12.8. The Morgan fingerprint density at radius 3 is 2.96 bits per heavy atom. The minimum atomic E-state index is -0.0401. The predicted octanol–water partition coefficient (Wildman–Crippen LogP) is 1.80. The van der Waals surface area contributed by atoms with Crippen molar-refractivity contribution in [3.8, 4) is 11.6 Å². The number of amides is 1. The van der Waals surface area contributed by atoms with Gasteiger partial charge in [-0.1, -0.05) is 18.2 Å². The normalized spacial score (nSPS) is 17.4. The molecule has 1 fully saturated rings. The van der Waals surface area contributed by atoms with E-state index in [1.165, 1.54) is 7.11 Å². The SMILES string of the molecule is COc1cc(CCC(=O)N2CCNCC2c2ccccc2OC)on1. The second kappa shape index (κ2) is 8.02. The summed E-state index contributed by atoms with van der Waals surface area (Å²) < 4.78 is 15.6. The number of methoxy groups -OCH3 is 2. The molecule has 1 N–H and O–H groups in total. The summed E-state index contributed by atoms with van der Waals surface area (Å²) in [5, 5.41) is 7.12. The van der Waals surface area contributed by atoms with Gasteiger partial charge in [0.25, 0.3) is 5.88 Å². The summed E-state index contributed by atoms with van der Waals surface area (Å²) in [6, 6.07) is 9.51. The number of benzene rings is 1. The molecule has 7 heteroatoms. The van der Waals surface area contributed by atoms with Crippen LogP contribution in [0.4, 0.5) is 0 Å². The highest BCUT2D eigenvalue weighted by molar-refractivity contribution is 5.77. The molecule has 7 nitrogen and oxygen atoms in total. The van der Waals surface area contributed by atoms with E-state index in [0.717, 1.165) is 17.9 Å². The van der Waals surface area contributed by atoms with Crippen molar-refractivity contribution in [2.75, 3.05) is 33.9 Å². The molecule has 2 aromatic rings. The quantitative estimate of drug-likeness (QED) is 0.860. The second-order valence-corrected chi connectivity index (χ2v) is 5.88. The fraction of sp³-hybridized carbons (Fsp3) is 0.444. The predicted molar refractivity (Wildman–Crippen MR) is 91.7 cm³/mol. The van der Waals surface area contributed by atoms with Crippen molar-refractivity contribution in [2.45, 2.75) is 18.9 Å². The molecule has 2 heterocycles. The van der Waals surface area contributed by atoms with Gasteiger partial charge in [0.15, 0.2) is 0 Å². The third-order valence-corrected chi connectivity index (χ3v) is 4.39. The molecule has 1 saturated heterocycles. The zero-order chi connectivity index (χ0) is 17.6. The molecule has 1 unspecified atom stereocenters. The number of hydrogen-bond donors (Lipinski definition) is 1. The number of para-hydroxylation sites is 1. The molecule has 1 aromatic carbocycles. The van der Waals surface area contributed by atoms with Gasteiger partial charge >= 0.3 is 0 Å². The zero-order valence-corrected chi connectivity index (χ0v) is 14.5. The van der Waals surface area contributed by atoms with E-state index >= 15 is 0 Å². The average molecular weight is 345 g/mol. The van der Waals surface area contributed by atoms with Crippen LogP contribution in [0.1, 0.15) is 23.8 Å². The molecule has 1 amide bonds. The first-order valence-corrected chi connectivity index (χ1v) is 8.35. The summed E-state index contributed by atoms with van der Waals surface area (Å²) in [5.74, 6) is 1.97. The van der Waals surface area contributed by atoms with Crippen LogP contribution < -0.4 is 14.8 Å². The Kier molecular flexibility index (Phi) is 5.55. The van der Waals surface area contributed by atoms with E-state index in [-0.39, 0.29) is 11.9 Å². The first-order valence-electron chi connectivity index (χ1n) is 8.35. The number of nitrogens with zero attached hydrogens (tertiary/aromatic N) is 2. The summed E-state index contributed by atoms with van der Waals surface area (Å²) in [7, 11) is 3.18. The van der Waals surface area contributed by atoms with Gasteiger partial charge in [-0.2, -0.15) is 0 Å². The number of aromatic nitrogens is 1. The molecular formula is C18H23N3O4. The van der Waals surface area contributed by atoms with E-state index in [2.05, 4.69) is 10.5 Å². The Morgan fingerprint density at radius 1 is 1.36 bits per heavy atom. The Labute approximate surface area is 146 Å². The molecule has 1 aliphatic heterocycles. The molecule has 3 rings (SSSR count). The van der Waals surface area contributed by atoms with Crippen molar-refractivity contribution in [3.05, 3.63) is 41.7 Å². The van der Waals surface area contributed by atoms with E-state index in [1.54, 1.807) is 13.2 Å². The van der Waals surface area contributed by atoms with Gasteiger partial charge in [0.2, 0.25) is 5.91 Å². The monoisotopic (exact) mass is 345 g/mol. The molecule has 1 atom stereocenters. The topological polar surface area (TPSA) is 76.8 Å². The van der Waals surface area contributed by atoms with Crippen LogP contribution in [0.3, 0.4) is 0 Å². The summed E-state index contributed by atoms with van der Waals surface area (Å²) in [6.07, 6.45) is 0.863. The highest BCUT2D eigenvalue weighted by Crippen LogP contribution is 2.30. The molecule has 1 aliphatic rings. The number of hydrogen-bond acceptors (Lipinski definition) is 6.